The van der Waals surface area contributed by atoms with Gasteiger partial charge in [-0.25, -0.2) is 8.78 Å². The van der Waals surface area contributed by atoms with Crippen molar-refractivity contribution >= 4 is 16.9 Å². The van der Waals surface area contributed by atoms with Crippen LogP contribution in [0.25, 0.3) is 10.9 Å². The molecule has 0 aliphatic carbocycles. The van der Waals surface area contributed by atoms with Crippen LogP contribution in [0.1, 0.15) is 25.0 Å². The lowest BCUT2D eigenvalue weighted by atomic mass is 10.0. The number of nitrogens with two attached hydrogens (primary N) is 1. The number of nitrogens with one attached hydrogen (secondary N) is 1. The quantitative estimate of drug-likeness (QED) is 0.809. The summed E-state index contributed by atoms with van der Waals surface area (Å²) in [5.41, 5.74) is 5.72. The minimum Gasteiger partial charge on any atom is -0.493 e. The number of aromatic amines is 1. The molecule has 7 heteroatoms. The topological polar surface area (TPSA) is 88.3 Å². The Bertz CT molecular complexity index is 683. The van der Waals surface area contributed by atoms with E-state index in [9.17, 15) is 13.6 Å². The van der Waals surface area contributed by atoms with E-state index in [0.717, 1.165) is 0 Å². The maximum absolute atomic E-state index is 14.3. The van der Waals surface area contributed by atoms with E-state index in [1.165, 1.54) is 20.2 Å². The van der Waals surface area contributed by atoms with Gasteiger partial charge >= 0.3 is 5.97 Å². The van der Waals surface area contributed by atoms with Crippen LogP contribution >= 0.6 is 0 Å². The number of rotatable bonds is 4. The molecule has 1 heterocycles. The fraction of sp³-hybridized carbons (Fsp3) is 0.400. The van der Waals surface area contributed by atoms with E-state index >= 15 is 0 Å². The molecular weight excluding hydrogens is 294 g/mol. The van der Waals surface area contributed by atoms with Gasteiger partial charge < -0.3 is 20.6 Å². The molecule has 0 bridgehead atoms. The number of carboxylic acids is 1. The van der Waals surface area contributed by atoms with Crippen LogP contribution in [-0.4, -0.2) is 29.2 Å². The van der Waals surface area contributed by atoms with Gasteiger partial charge in [-0.05, 0) is 12.5 Å². The Morgan fingerprint density at radius 2 is 2.00 bits per heavy atom. The van der Waals surface area contributed by atoms with Gasteiger partial charge in [-0.15, -0.1) is 0 Å². The first-order valence-electron chi connectivity index (χ1n) is 6.88. The Balaban J connectivity index is 0.00000116. The SMILES string of the molecule is CC.COc1c(C)c(F)c2c(CC(N)C(=O)O)c[nH]c2c1F. The molecule has 2 rings (SSSR count). The van der Waals surface area contributed by atoms with Gasteiger partial charge in [0.2, 0.25) is 0 Å². The molecule has 1 atom stereocenters. The van der Waals surface area contributed by atoms with E-state index in [4.69, 9.17) is 15.6 Å². The molecule has 1 aromatic heterocycles. The Morgan fingerprint density at radius 3 is 2.50 bits per heavy atom. The summed E-state index contributed by atoms with van der Waals surface area (Å²) in [6.45, 7) is 5.39. The molecule has 1 unspecified atom stereocenters. The van der Waals surface area contributed by atoms with Crippen LogP contribution in [-0.2, 0) is 11.2 Å². The van der Waals surface area contributed by atoms with Gasteiger partial charge in [-0.1, -0.05) is 13.8 Å². The van der Waals surface area contributed by atoms with Crippen molar-refractivity contribution in [1.82, 2.24) is 4.98 Å². The van der Waals surface area contributed by atoms with Crippen LogP contribution in [0.3, 0.4) is 0 Å². The van der Waals surface area contributed by atoms with E-state index in [1.54, 1.807) is 0 Å². The van der Waals surface area contributed by atoms with E-state index in [-0.39, 0.29) is 28.6 Å². The first-order valence-corrected chi connectivity index (χ1v) is 6.88. The fourth-order valence-electron chi connectivity index (χ4n) is 2.18. The summed E-state index contributed by atoms with van der Waals surface area (Å²) >= 11 is 0. The second-order valence-corrected chi connectivity index (χ2v) is 4.50. The predicted molar refractivity (Wildman–Crippen MR) is 80.2 cm³/mol. The van der Waals surface area contributed by atoms with Crippen LogP contribution in [0.2, 0.25) is 0 Å². The standard InChI is InChI=1S/C13H14F2N2O3.C2H6/c1-5-9(14)8-6(3-7(16)13(18)19)4-17-11(8)10(15)12(5)20-2;1-2/h4,7,17H,3,16H2,1-2H3,(H,18,19);1-2H3. The summed E-state index contributed by atoms with van der Waals surface area (Å²) in [4.78, 5) is 13.4. The number of halogens is 2. The molecule has 5 nitrogen and oxygen atoms in total. The van der Waals surface area contributed by atoms with Crippen LogP contribution in [0, 0.1) is 18.6 Å². The predicted octanol–water partition coefficient (Wildman–Crippen LogP) is 2.74. The minimum absolute atomic E-state index is 0.0116. The second-order valence-electron chi connectivity index (χ2n) is 4.50. The number of benzene rings is 1. The molecule has 0 amide bonds. The van der Waals surface area contributed by atoms with E-state index in [2.05, 4.69) is 4.98 Å². The third-order valence-electron chi connectivity index (χ3n) is 3.23. The van der Waals surface area contributed by atoms with E-state index in [1.807, 2.05) is 13.8 Å². The summed E-state index contributed by atoms with van der Waals surface area (Å²) in [5.74, 6) is -2.74. The molecule has 122 valence electrons. The number of fused-ring (bicyclic) bond motifs is 1. The zero-order valence-corrected chi connectivity index (χ0v) is 13.0. The van der Waals surface area contributed by atoms with Crippen LogP contribution < -0.4 is 10.5 Å². The van der Waals surface area contributed by atoms with Crippen LogP contribution in [0.5, 0.6) is 5.75 Å². The number of ether oxygens (including phenoxy) is 1. The molecule has 0 aliphatic rings. The summed E-state index contributed by atoms with van der Waals surface area (Å²) in [7, 11) is 1.25. The van der Waals surface area contributed by atoms with E-state index < -0.39 is 23.6 Å². The number of methoxy groups -OCH3 is 1. The zero-order chi connectivity index (χ0) is 17.0. The maximum atomic E-state index is 14.3. The Kier molecular flexibility index (Phi) is 5.87. The highest BCUT2D eigenvalue weighted by atomic mass is 19.1. The average molecular weight is 314 g/mol. The highest BCUT2D eigenvalue weighted by Crippen LogP contribution is 2.34. The Hall–Kier alpha value is -2.15. The molecule has 1 aromatic carbocycles. The third-order valence-corrected chi connectivity index (χ3v) is 3.23. The number of hydrogen-bond acceptors (Lipinski definition) is 3. The monoisotopic (exact) mass is 314 g/mol. The van der Waals surface area contributed by atoms with Gasteiger partial charge in [0.05, 0.1) is 12.6 Å². The van der Waals surface area contributed by atoms with Gasteiger partial charge in [0.1, 0.15) is 11.9 Å². The lowest BCUT2D eigenvalue weighted by Crippen LogP contribution is -2.32. The van der Waals surface area contributed by atoms with Gasteiger partial charge in [-0.3, -0.25) is 4.79 Å². The number of aromatic nitrogens is 1. The highest BCUT2D eigenvalue weighted by molar-refractivity contribution is 5.88. The molecule has 0 saturated heterocycles. The molecule has 0 fully saturated rings. The smallest absolute Gasteiger partial charge is 0.320 e. The number of hydrogen-bond donors (Lipinski definition) is 3. The summed E-state index contributed by atoms with van der Waals surface area (Å²) in [6, 6.07) is -1.18. The lowest BCUT2D eigenvalue weighted by molar-refractivity contribution is -0.138. The van der Waals surface area contributed by atoms with Gasteiger partial charge in [0.25, 0.3) is 0 Å². The summed E-state index contributed by atoms with van der Waals surface area (Å²) < 4.78 is 33.3. The molecule has 4 N–H and O–H groups in total. The first-order chi connectivity index (χ1) is 10.4. The largest absolute Gasteiger partial charge is 0.493 e. The van der Waals surface area contributed by atoms with Crippen molar-refractivity contribution in [3.63, 3.8) is 0 Å². The first kappa shape index (κ1) is 17.9. The molecule has 0 saturated carbocycles. The van der Waals surface area contributed by atoms with Gasteiger partial charge in [-0.2, -0.15) is 0 Å². The maximum Gasteiger partial charge on any atom is 0.320 e. The second kappa shape index (κ2) is 7.22. The number of carboxylic acid groups (broad SMARTS) is 1. The molecule has 22 heavy (non-hydrogen) atoms. The summed E-state index contributed by atoms with van der Waals surface area (Å²) in [6.07, 6.45) is 1.26. The lowest BCUT2D eigenvalue weighted by Gasteiger charge is -2.10. The fourth-order valence-corrected chi connectivity index (χ4v) is 2.18. The number of H-pyrrole nitrogens is 1. The van der Waals surface area contributed by atoms with Crippen molar-refractivity contribution in [2.24, 2.45) is 5.73 Å². The van der Waals surface area contributed by atoms with Crippen molar-refractivity contribution in [3.05, 3.63) is 29.0 Å². The molecular formula is C15H20F2N2O3. The van der Waals surface area contributed by atoms with Crippen molar-refractivity contribution in [2.45, 2.75) is 33.2 Å². The molecule has 2 aromatic rings. The van der Waals surface area contributed by atoms with Crippen LogP contribution in [0.4, 0.5) is 8.78 Å². The molecule has 0 spiro atoms. The van der Waals surface area contributed by atoms with Gasteiger partial charge in [0.15, 0.2) is 11.6 Å². The Labute approximate surface area is 127 Å². The number of carbonyl (C=O) groups is 1. The van der Waals surface area contributed by atoms with Crippen LogP contribution in [0.15, 0.2) is 6.20 Å². The van der Waals surface area contributed by atoms with Crippen molar-refractivity contribution in [1.29, 1.82) is 0 Å². The Morgan fingerprint density at radius 1 is 1.41 bits per heavy atom. The number of aliphatic carboxylic acids is 1. The highest BCUT2D eigenvalue weighted by Gasteiger charge is 2.23. The normalized spacial score (nSPS) is 11.8. The molecule has 0 radical (unpaired) electrons. The van der Waals surface area contributed by atoms with Gasteiger partial charge in [0, 0.05) is 23.6 Å². The van der Waals surface area contributed by atoms with Crippen molar-refractivity contribution in [2.75, 3.05) is 7.11 Å². The zero-order valence-electron chi connectivity index (χ0n) is 13.0. The summed E-state index contributed by atoms with van der Waals surface area (Å²) in [5, 5.41) is 8.80. The average Bonchev–Trinajstić information content (AvgIpc) is 2.91. The van der Waals surface area contributed by atoms with Crippen molar-refractivity contribution < 1.29 is 23.4 Å². The van der Waals surface area contributed by atoms with Crippen molar-refractivity contribution in [3.8, 4) is 5.75 Å². The van der Waals surface area contributed by atoms with E-state index in [0.29, 0.717) is 5.56 Å². The third kappa shape index (κ3) is 3.04. The minimum atomic E-state index is -1.20. The molecule has 0 aliphatic heterocycles.